The lowest BCUT2D eigenvalue weighted by Crippen LogP contribution is -2.66. The molecule has 2 N–H and O–H groups in total. The molecule has 1 spiro atoms. The van der Waals surface area contributed by atoms with E-state index >= 15 is 0 Å². The number of hydrogen-bond acceptors (Lipinski definition) is 10. The summed E-state index contributed by atoms with van der Waals surface area (Å²) in [6, 6.07) is 9.32. The van der Waals surface area contributed by atoms with Crippen LogP contribution in [-0.4, -0.2) is 85.8 Å². The predicted molar refractivity (Wildman–Crippen MR) is 188 cm³/mol. The molecule has 14 heteroatoms. The van der Waals surface area contributed by atoms with Gasteiger partial charge in [-0.15, -0.1) is 5.01 Å². The lowest BCUT2D eigenvalue weighted by Gasteiger charge is -2.48. The van der Waals surface area contributed by atoms with Gasteiger partial charge in [-0.1, -0.05) is 19.3 Å². The molecule has 2 aromatic heterocycles. The highest BCUT2D eigenvalue weighted by Crippen LogP contribution is 2.47. The minimum absolute atomic E-state index is 0.000926. The van der Waals surface area contributed by atoms with Crippen LogP contribution in [0.4, 0.5) is 27.0 Å². The van der Waals surface area contributed by atoms with Gasteiger partial charge >= 0.3 is 12.2 Å². The first-order valence-corrected chi connectivity index (χ1v) is 17.4. The summed E-state index contributed by atoms with van der Waals surface area (Å²) >= 11 is 0. The van der Waals surface area contributed by atoms with Crippen molar-refractivity contribution in [3.05, 3.63) is 42.1 Å². The maximum absolute atomic E-state index is 14.7. The molecule has 0 bridgehead atoms. The van der Waals surface area contributed by atoms with Crippen molar-refractivity contribution in [3.8, 4) is 0 Å². The SMILES string of the molecule is CNC1CCN(C(=O)c2ccc(Nc3ncc4cc5n(c4n3)C3(CCCCC3)C(=O)N(C(=O)OC(C)(C)C)N5C(=O)OC(C)(C)C)cc2)CC1. The lowest BCUT2D eigenvalue weighted by molar-refractivity contribution is -0.144. The van der Waals surface area contributed by atoms with Gasteiger partial charge in [0.25, 0.3) is 11.8 Å². The smallest absolute Gasteiger partial charge is 0.437 e. The summed E-state index contributed by atoms with van der Waals surface area (Å²) in [7, 11) is 1.95. The summed E-state index contributed by atoms with van der Waals surface area (Å²) in [5.41, 5.74) is -1.33. The van der Waals surface area contributed by atoms with E-state index in [9.17, 15) is 19.2 Å². The third-order valence-corrected chi connectivity index (χ3v) is 9.35. The molecule has 2 fully saturated rings. The number of aromatic nitrogens is 3. The topological polar surface area (TPSA) is 151 Å². The third kappa shape index (κ3) is 6.85. The Morgan fingerprint density at radius 2 is 1.48 bits per heavy atom. The van der Waals surface area contributed by atoms with E-state index in [1.807, 2.05) is 24.1 Å². The highest BCUT2D eigenvalue weighted by Gasteiger charge is 2.56. The van der Waals surface area contributed by atoms with Gasteiger partial charge in [-0.3, -0.25) is 14.2 Å². The number of carbonyl (C=O) groups excluding carboxylic acids is 4. The molecule has 0 atom stereocenters. The Labute approximate surface area is 292 Å². The summed E-state index contributed by atoms with van der Waals surface area (Å²) in [6.45, 7) is 11.7. The average molecular weight is 689 g/mol. The summed E-state index contributed by atoms with van der Waals surface area (Å²) in [5.74, 6) is -0.0510. The number of amides is 4. The monoisotopic (exact) mass is 688 g/mol. The minimum atomic E-state index is -1.19. The number of fused-ring (bicyclic) bond motifs is 4. The molecule has 1 aromatic carbocycles. The largest absolute Gasteiger partial charge is 0.442 e. The molecule has 4 heterocycles. The average Bonchev–Trinajstić information content (AvgIpc) is 3.44. The van der Waals surface area contributed by atoms with Crippen LogP contribution in [0, 0.1) is 0 Å². The molecular weight excluding hydrogens is 640 g/mol. The molecule has 0 unspecified atom stereocenters. The number of hydrazine groups is 1. The van der Waals surface area contributed by atoms with Crippen LogP contribution >= 0.6 is 0 Å². The maximum atomic E-state index is 14.7. The summed E-state index contributed by atoms with van der Waals surface area (Å²) < 4.78 is 13.2. The Morgan fingerprint density at radius 1 is 0.880 bits per heavy atom. The van der Waals surface area contributed by atoms with Crippen LogP contribution in [0.1, 0.15) is 96.8 Å². The fourth-order valence-electron chi connectivity index (χ4n) is 7.00. The van der Waals surface area contributed by atoms with E-state index in [-0.39, 0.29) is 17.7 Å². The van der Waals surface area contributed by atoms with Crippen molar-refractivity contribution in [1.29, 1.82) is 0 Å². The number of ether oxygens (including phenoxy) is 2. The summed E-state index contributed by atoms with van der Waals surface area (Å²) in [4.78, 5) is 66.7. The van der Waals surface area contributed by atoms with Crippen molar-refractivity contribution in [3.63, 3.8) is 0 Å². The van der Waals surface area contributed by atoms with Crippen LogP contribution in [-0.2, 0) is 19.8 Å². The highest BCUT2D eigenvalue weighted by molar-refractivity contribution is 6.08. The van der Waals surface area contributed by atoms with Gasteiger partial charge in [0.05, 0.1) is 0 Å². The van der Waals surface area contributed by atoms with Crippen molar-refractivity contribution < 1.29 is 28.7 Å². The Kier molecular flexibility index (Phi) is 9.27. The molecule has 6 rings (SSSR count). The van der Waals surface area contributed by atoms with E-state index in [0.29, 0.717) is 54.3 Å². The number of rotatable bonds is 4. The Bertz CT molecular complexity index is 1780. The molecule has 268 valence electrons. The number of likely N-dealkylation sites (tertiary alicyclic amines) is 1. The Balaban J connectivity index is 1.37. The number of nitrogens with one attached hydrogen (secondary N) is 2. The van der Waals surface area contributed by atoms with Gasteiger partial charge in [0.15, 0.2) is 0 Å². The second kappa shape index (κ2) is 13.2. The Hall–Kier alpha value is -4.72. The number of anilines is 3. The van der Waals surface area contributed by atoms with Crippen LogP contribution < -0.4 is 15.6 Å². The van der Waals surface area contributed by atoms with Gasteiger partial charge in [-0.25, -0.2) is 14.6 Å². The number of piperidine rings is 1. The summed E-state index contributed by atoms with van der Waals surface area (Å²) in [5, 5.41) is 8.86. The molecule has 1 aliphatic carbocycles. The van der Waals surface area contributed by atoms with Crippen molar-refractivity contribution >= 4 is 52.5 Å². The fraction of sp³-hybridized carbons (Fsp3) is 0.556. The van der Waals surface area contributed by atoms with Crippen molar-refractivity contribution in [2.45, 2.75) is 109 Å². The zero-order valence-corrected chi connectivity index (χ0v) is 30.0. The van der Waals surface area contributed by atoms with Crippen LogP contribution in [0.25, 0.3) is 11.0 Å². The van der Waals surface area contributed by atoms with Crippen LogP contribution in [0.15, 0.2) is 36.5 Å². The molecule has 3 aromatic rings. The minimum Gasteiger partial charge on any atom is -0.442 e. The van der Waals surface area contributed by atoms with Gasteiger partial charge in [0.1, 0.15) is 28.2 Å². The fourth-order valence-corrected chi connectivity index (χ4v) is 7.00. The number of imide groups is 1. The number of benzene rings is 1. The molecule has 4 amide bonds. The first-order valence-electron chi connectivity index (χ1n) is 17.4. The van der Waals surface area contributed by atoms with Crippen LogP contribution in [0.2, 0.25) is 0 Å². The number of carbonyl (C=O) groups is 4. The van der Waals surface area contributed by atoms with E-state index < -0.39 is 34.8 Å². The highest BCUT2D eigenvalue weighted by atomic mass is 16.6. The van der Waals surface area contributed by atoms with E-state index in [4.69, 9.17) is 14.5 Å². The van der Waals surface area contributed by atoms with Gasteiger partial charge in [-0.2, -0.15) is 9.99 Å². The Morgan fingerprint density at radius 3 is 2.06 bits per heavy atom. The van der Waals surface area contributed by atoms with Crippen molar-refractivity contribution in [2.75, 3.05) is 30.5 Å². The number of nitrogens with zero attached hydrogens (tertiary/aromatic N) is 6. The van der Waals surface area contributed by atoms with Crippen molar-refractivity contribution in [1.82, 2.24) is 29.8 Å². The standard InChI is InChI=1S/C36H48N8O6/c1-34(2,3)49-32(47)43-27-21-24-22-38-31(39-26-13-11-23(12-14-26)29(45)41-19-15-25(37-7)16-20-41)40-28(24)42(27)36(17-9-8-10-18-36)30(46)44(43)33(48)50-35(4,5)6/h11-14,21-22,25,37H,8-10,15-20H2,1-7H3,(H,38,39,40). The molecule has 3 aliphatic rings. The second-order valence-electron chi connectivity index (χ2n) is 15.3. The molecule has 0 radical (unpaired) electrons. The second-order valence-corrected chi connectivity index (χ2v) is 15.3. The van der Waals surface area contributed by atoms with Crippen LogP contribution in [0.3, 0.4) is 0 Å². The van der Waals surface area contributed by atoms with E-state index in [1.165, 1.54) is 0 Å². The quantitative estimate of drug-likeness (QED) is 0.329. The predicted octanol–water partition coefficient (Wildman–Crippen LogP) is 6.09. The van der Waals surface area contributed by atoms with E-state index in [1.54, 1.807) is 70.5 Å². The van der Waals surface area contributed by atoms with Gasteiger partial charge in [-0.05, 0) is 105 Å². The molecular formula is C36H48N8O6. The molecule has 1 saturated carbocycles. The van der Waals surface area contributed by atoms with Gasteiger partial charge < -0.3 is 25.0 Å². The lowest BCUT2D eigenvalue weighted by atomic mass is 9.79. The molecule has 14 nitrogen and oxygen atoms in total. The zero-order valence-electron chi connectivity index (χ0n) is 30.0. The van der Waals surface area contributed by atoms with E-state index in [2.05, 4.69) is 15.6 Å². The maximum Gasteiger partial charge on any atom is 0.437 e. The molecule has 50 heavy (non-hydrogen) atoms. The summed E-state index contributed by atoms with van der Waals surface area (Å²) in [6.07, 6.45) is 4.90. The van der Waals surface area contributed by atoms with E-state index in [0.717, 1.165) is 42.1 Å². The molecule has 1 saturated heterocycles. The van der Waals surface area contributed by atoms with Gasteiger partial charge in [0.2, 0.25) is 5.95 Å². The third-order valence-electron chi connectivity index (χ3n) is 9.35. The van der Waals surface area contributed by atoms with Crippen LogP contribution in [0.5, 0.6) is 0 Å². The molecule has 2 aliphatic heterocycles. The first kappa shape index (κ1) is 35.1. The van der Waals surface area contributed by atoms with Gasteiger partial charge in [0, 0.05) is 42.0 Å². The number of hydrogen-bond donors (Lipinski definition) is 2. The zero-order chi connectivity index (χ0) is 36.0. The van der Waals surface area contributed by atoms with Crippen molar-refractivity contribution in [2.24, 2.45) is 0 Å². The normalized spacial score (nSPS) is 18.3. The first-order chi connectivity index (χ1) is 23.6.